The number of aromatic amines is 1. The van der Waals surface area contributed by atoms with Crippen molar-refractivity contribution in [3.8, 4) is 5.75 Å². The molecule has 0 aliphatic carbocycles. The highest BCUT2D eigenvalue weighted by molar-refractivity contribution is 7.52. The molecule has 0 radical (unpaired) electrons. The maximum absolute atomic E-state index is 14.0. The molecule has 5 N–H and O–H groups in total. The Morgan fingerprint density at radius 1 is 1.32 bits per heavy atom. The zero-order chi connectivity index (χ0) is 29.7. The number of nitrogens with two attached hydrogens (primary N) is 1. The van der Waals surface area contributed by atoms with Gasteiger partial charge in [0, 0.05) is 0 Å². The first-order valence-electron chi connectivity index (χ1n) is 13.0. The summed E-state index contributed by atoms with van der Waals surface area (Å²) in [6.45, 7) is 7.65. The van der Waals surface area contributed by atoms with Crippen molar-refractivity contribution in [1.29, 1.82) is 0 Å². The van der Waals surface area contributed by atoms with Crippen molar-refractivity contribution in [2.75, 3.05) is 12.3 Å². The largest absolute Gasteiger partial charge is 0.462 e. The van der Waals surface area contributed by atoms with Gasteiger partial charge in [0.1, 0.15) is 23.5 Å². The van der Waals surface area contributed by atoms with Crippen LogP contribution in [0.5, 0.6) is 5.75 Å². The van der Waals surface area contributed by atoms with Crippen LogP contribution >= 0.6 is 7.75 Å². The Morgan fingerprint density at radius 3 is 2.68 bits per heavy atom. The number of para-hydroxylation sites is 1. The third-order valence-corrected chi connectivity index (χ3v) is 8.78. The van der Waals surface area contributed by atoms with Gasteiger partial charge in [-0.05, 0) is 46.8 Å². The molecule has 222 valence electrons. The minimum atomic E-state index is -4.27. The molecule has 16 heteroatoms. The number of anilines is 1. The van der Waals surface area contributed by atoms with Gasteiger partial charge in [0.2, 0.25) is 5.95 Å². The lowest BCUT2D eigenvalue weighted by Crippen LogP contribution is -2.72. The van der Waals surface area contributed by atoms with Crippen molar-refractivity contribution in [3.63, 3.8) is 0 Å². The predicted octanol–water partition coefficient (Wildman–Crippen LogP) is 1.64. The van der Waals surface area contributed by atoms with Crippen molar-refractivity contribution in [2.45, 2.75) is 76.4 Å². The summed E-state index contributed by atoms with van der Waals surface area (Å²) in [5.74, 6) is -0.558. The quantitative estimate of drug-likeness (QED) is 0.196. The van der Waals surface area contributed by atoms with Crippen molar-refractivity contribution in [2.24, 2.45) is 0 Å². The number of esters is 1. The Labute approximate surface area is 234 Å². The van der Waals surface area contributed by atoms with Crippen LogP contribution in [-0.2, 0) is 28.1 Å². The molecule has 0 amide bonds. The molecule has 1 aromatic carbocycles. The fourth-order valence-corrected chi connectivity index (χ4v) is 6.62. The van der Waals surface area contributed by atoms with Gasteiger partial charge in [-0.25, -0.2) is 9.55 Å². The number of aromatic nitrogens is 4. The summed E-state index contributed by atoms with van der Waals surface area (Å²) in [6.07, 6.45) is -1.68. The third-order valence-electron chi connectivity index (χ3n) is 7.15. The lowest BCUT2D eigenvalue weighted by atomic mass is 9.74. The maximum atomic E-state index is 14.0. The topological polar surface area (TPSA) is 202 Å². The van der Waals surface area contributed by atoms with Gasteiger partial charge in [0.15, 0.2) is 23.0 Å². The first-order chi connectivity index (χ1) is 19.3. The number of carbonyl (C=O) groups excluding carboxylic acids is 1. The van der Waals surface area contributed by atoms with Crippen LogP contribution < -0.4 is 20.9 Å². The van der Waals surface area contributed by atoms with Gasteiger partial charge in [-0.1, -0.05) is 18.2 Å². The monoisotopic (exact) mass is 592 g/mol. The van der Waals surface area contributed by atoms with Crippen LogP contribution in [0.4, 0.5) is 5.95 Å². The van der Waals surface area contributed by atoms with Crippen molar-refractivity contribution >= 4 is 30.8 Å². The van der Waals surface area contributed by atoms with Crippen LogP contribution in [0.3, 0.4) is 0 Å². The molecule has 2 aliphatic rings. The summed E-state index contributed by atoms with van der Waals surface area (Å²) in [5, 5.41) is 14.5. The molecule has 4 heterocycles. The Bertz CT molecular complexity index is 1550. The first-order valence-corrected chi connectivity index (χ1v) is 14.6. The molecule has 2 aromatic heterocycles. The molecule has 0 saturated carbocycles. The maximum Gasteiger partial charge on any atom is 0.459 e. The summed E-state index contributed by atoms with van der Waals surface area (Å²) in [5.41, 5.74) is 2.22. The van der Waals surface area contributed by atoms with Crippen molar-refractivity contribution in [3.05, 3.63) is 47.0 Å². The third kappa shape index (κ3) is 5.13. The van der Waals surface area contributed by atoms with Crippen LogP contribution in [0.1, 0.15) is 40.8 Å². The Kier molecular flexibility index (Phi) is 7.47. The number of fused-ring (bicyclic) bond motifs is 2. The second-order valence-electron chi connectivity index (χ2n) is 10.6. The van der Waals surface area contributed by atoms with Crippen molar-refractivity contribution < 1.29 is 37.7 Å². The molecule has 5 rings (SSSR count). The summed E-state index contributed by atoms with van der Waals surface area (Å²) in [4.78, 5) is 35.5. The number of ether oxygens (including phenoxy) is 3. The standard InChI is InChI=1S/C25H33N6O9P/c1-13(2)37-22(33)14(3)30-41(35,40-16-9-7-6-8-10-16)36-11-24(5)25(34)15(4)38-18(25)21(39-24)31-12-27-17-19(31)28-23(26)29-20(17)32/h6-10,12-15,18,21,34H,11H2,1-5H3,(H,30,35)(H3,26,28,29,32)/t14?,15?,18-,21+,24+,25?,41?/m0/s1. The van der Waals surface area contributed by atoms with Crippen LogP contribution in [0.2, 0.25) is 0 Å². The zero-order valence-electron chi connectivity index (χ0n) is 23.1. The van der Waals surface area contributed by atoms with E-state index in [0.29, 0.717) is 0 Å². The normalized spacial score (nSPS) is 29.5. The van der Waals surface area contributed by atoms with E-state index in [9.17, 15) is 19.3 Å². The van der Waals surface area contributed by atoms with Gasteiger partial charge in [-0.2, -0.15) is 10.1 Å². The molecule has 41 heavy (non-hydrogen) atoms. The summed E-state index contributed by atoms with van der Waals surface area (Å²) >= 11 is 0. The second kappa shape index (κ2) is 10.5. The molecule has 2 fully saturated rings. The highest BCUT2D eigenvalue weighted by atomic mass is 31.2. The van der Waals surface area contributed by atoms with Gasteiger partial charge in [-0.15, -0.1) is 0 Å². The zero-order valence-corrected chi connectivity index (χ0v) is 24.0. The minimum Gasteiger partial charge on any atom is -0.462 e. The van der Waals surface area contributed by atoms with E-state index in [1.165, 1.54) is 17.8 Å². The number of aliphatic hydroxyl groups is 1. The van der Waals surface area contributed by atoms with Crippen LogP contribution in [0.15, 0.2) is 41.5 Å². The van der Waals surface area contributed by atoms with Gasteiger partial charge in [-0.3, -0.25) is 23.7 Å². The summed E-state index contributed by atoms with van der Waals surface area (Å²) in [7, 11) is -4.27. The van der Waals surface area contributed by atoms with Gasteiger partial charge < -0.3 is 29.6 Å². The van der Waals surface area contributed by atoms with E-state index < -0.39 is 67.7 Å². The van der Waals surface area contributed by atoms with E-state index in [4.69, 9.17) is 29.0 Å². The minimum absolute atomic E-state index is 0.0239. The highest BCUT2D eigenvalue weighted by Gasteiger charge is 2.74. The van der Waals surface area contributed by atoms with Gasteiger partial charge in [0.05, 0.1) is 25.1 Å². The molecule has 0 spiro atoms. The van der Waals surface area contributed by atoms with E-state index in [2.05, 4.69) is 20.0 Å². The van der Waals surface area contributed by atoms with E-state index in [1.54, 1.807) is 58.0 Å². The average molecular weight is 593 g/mol. The number of carbonyl (C=O) groups is 1. The molecule has 2 aliphatic heterocycles. The highest BCUT2D eigenvalue weighted by Crippen LogP contribution is 2.57. The molecular formula is C25H33N6O9P. The molecule has 3 aromatic rings. The summed E-state index contributed by atoms with van der Waals surface area (Å²) in [6, 6.07) is 7.22. The lowest BCUT2D eigenvalue weighted by molar-refractivity contribution is -0.298. The number of nitrogens with one attached hydrogen (secondary N) is 2. The smallest absolute Gasteiger partial charge is 0.459 e. The molecule has 4 unspecified atom stereocenters. The number of nitrogen functional groups attached to an aromatic ring is 1. The van der Waals surface area contributed by atoms with Gasteiger partial charge >= 0.3 is 13.7 Å². The van der Waals surface area contributed by atoms with Crippen LogP contribution in [-0.4, -0.2) is 72.8 Å². The summed E-state index contributed by atoms with van der Waals surface area (Å²) < 4.78 is 44.5. The number of nitrogens with zero attached hydrogens (tertiary/aromatic N) is 3. The molecule has 15 nitrogen and oxygen atoms in total. The van der Waals surface area contributed by atoms with E-state index in [0.717, 1.165) is 0 Å². The number of rotatable bonds is 10. The van der Waals surface area contributed by atoms with E-state index >= 15 is 0 Å². The van der Waals surface area contributed by atoms with Gasteiger partial charge in [0.25, 0.3) is 5.56 Å². The van der Waals surface area contributed by atoms with Crippen molar-refractivity contribution in [1.82, 2.24) is 24.6 Å². The molecular weight excluding hydrogens is 559 g/mol. The average Bonchev–Trinajstić information content (AvgIpc) is 3.39. The first kappa shape index (κ1) is 29.2. The number of H-pyrrole nitrogens is 1. The van der Waals surface area contributed by atoms with E-state index in [1.807, 2.05) is 0 Å². The predicted molar refractivity (Wildman–Crippen MR) is 145 cm³/mol. The number of hydrogen-bond donors (Lipinski definition) is 4. The molecule has 7 atom stereocenters. The van der Waals surface area contributed by atoms with E-state index in [-0.39, 0.29) is 22.9 Å². The Balaban J connectivity index is 1.43. The second-order valence-corrected chi connectivity index (χ2v) is 12.2. The molecule has 2 saturated heterocycles. The number of hydrogen-bond acceptors (Lipinski definition) is 12. The SMILES string of the molecule is CC(C)OC(=O)C(C)NP(=O)(OC[C@@]1(C)O[C@@H](n2cnc3c(=O)[nH]c(N)nc32)[C@@H]2OC(C)C21O)Oc1ccccc1. The number of imidazole rings is 1. The number of benzene rings is 1. The van der Waals surface area contributed by atoms with Crippen LogP contribution in [0.25, 0.3) is 11.2 Å². The fourth-order valence-electron chi connectivity index (χ4n) is 5.05. The lowest BCUT2D eigenvalue weighted by Gasteiger charge is -2.52. The fraction of sp³-hybridized carbons (Fsp3) is 0.520. The molecule has 0 bridgehead atoms. The Morgan fingerprint density at radius 2 is 2.02 bits per heavy atom. The Hall–Kier alpha value is -3.33. The van der Waals surface area contributed by atoms with Crippen LogP contribution in [0, 0.1) is 0 Å².